The van der Waals surface area contributed by atoms with Crippen molar-refractivity contribution in [2.45, 2.75) is 24.9 Å². The topological polar surface area (TPSA) is 72.2 Å². The molecule has 20 heavy (non-hydrogen) atoms. The van der Waals surface area contributed by atoms with Crippen molar-refractivity contribution >= 4 is 37.3 Å². The average Bonchev–Trinajstić information content (AvgIpc) is 2.83. The molecule has 0 radical (unpaired) electrons. The first kappa shape index (κ1) is 15.7. The smallest absolute Gasteiger partial charge is 0.241 e. The van der Waals surface area contributed by atoms with Crippen molar-refractivity contribution in [1.82, 2.24) is 4.72 Å². The Kier molecular flexibility index (Phi) is 4.98. The highest BCUT2D eigenvalue weighted by Gasteiger charge is 2.17. The van der Waals surface area contributed by atoms with Gasteiger partial charge < -0.3 is 5.73 Å². The SMILES string of the molecule is Cc1ccc(CN)cc1S(=O)(=O)NCc1cc(Br)cs1. The van der Waals surface area contributed by atoms with Crippen LogP contribution in [0.2, 0.25) is 0 Å². The number of rotatable bonds is 5. The van der Waals surface area contributed by atoms with Gasteiger partial charge in [0.15, 0.2) is 0 Å². The molecule has 0 atom stereocenters. The minimum Gasteiger partial charge on any atom is -0.326 e. The van der Waals surface area contributed by atoms with Crippen LogP contribution in [0.5, 0.6) is 0 Å². The fraction of sp³-hybridized carbons (Fsp3) is 0.231. The van der Waals surface area contributed by atoms with Gasteiger partial charge >= 0.3 is 0 Å². The molecule has 4 nitrogen and oxygen atoms in total. The molecule has 0 fully saturated rings. The predicted octanol–water partition coefficient (Wildman–Crippen LogP) is 2.76. The summed E-state index contributed by atoms with van der Waals surface area (Å²) in [5, 5.41) is 1.92. The van der Waals surface area contributed by atoms with Crippen LogP contribution in [0.3, 0.4) is 0 Å². The Morgan fingerprint density at radius 1 is 1.35 bits per heavy atom. The van der Waals surface area contributed by atoms with Crippen LogP contribution in [0.4, 0.5) is 0 Å². The average molecular weight is 375 g/mol. The Labute approximate surface area is 131 Å². The highest BCUT2D eigenvalue weighted by atomic mass is 79.9. The number of benzene rings is 1. The third-order valence-electron chi connectivity index (χ3n) is 2.84. The molecule has 2 aromatic rings. The summed E-state index contributed by atoms with van der Waals surface area (Å²) in [5.74, 6) is 0. The summed E-state index contributed by atoms with van der Waals surface area (Å²) < 4.78 is 28.3. The Hall–Kier alpha value is -0.730. The summed E-state index contributed by atoms with van der Waals surface area (Å²) in [6, 6.07) is 7.14. The number of sulfonamides is 1. The Morgan fingerprint density at radius 2 is 2.10 bits per heavy atom. The molecule has 108 valence electrons. The fourth-order valence-corrected chi connectivity index (χ4v) is 4.53. The lowest BCUT2D eigenvalue weighted by molar-refractivity contribution is 0.581. The summed E-state index contributed by atoms with van der Waals surface area (Å²) in [7, 11) is -3.53. The van der Waals surface area contributed by atoms with E-state index in [-0.39, 0.29) is 11.4 Å². The first-order chi connectivity index (χ1) is 9.42. The number of aryl methyl sites for hydroxylation is 1. The van der Waals surface area contributed by atoms with Crippen LogP contribution in [-0.4, -0.2) is 8.42 Å². The molecule has 0 amide bonds. The molecule has 0 aliphatic carbocycles. The summed E-state index contributed by atoms with van der Waals surface area (Å²) >= 11 is 4.85. The zero-order chi connectivity index (χ0) is 14.8. The van der Waals surface area contributed by atoms with E-state index in [2.05, 4.69) is 20.7 Å². The lowest BCUT2D eigenvalue weighted by Gasteiger charge is -2.10. The molecule has 0 aliphatic rings. The molecule has 2 rings (SSSR count). The van der Waals surface area contributed by atoms with Crippen molar-refractivity contribution in [2.24, 2.45) is 5.73 Å². The molecule has 7 heteroatoms. The van der Waals surface area contributed by atoms with E-state index in [1.807, 2.05) is 17.5 Å². The van der Waals surface area contributed by atoms with Crippen LogP contribution in [0, 0.1) is 6.92 Å². The van der Waals surface area contributed by atoms with Gasteiger partial charge in [-0.1, -0.05) is 12.1 Å². The van der Waals surface area contributed by atoms with Gasteiger partial charge in [0.2, 0.25) is 10.0 Å². The Bertz CT molecular complexity index is 711. The normalized spacial score (nSPS) is 11.8. The minimum atomic E-state index is -3.53. The van der Waals surface area contributed by atoms with Gasteiger partial charge in [0, 0.05) is 27.8 Å². The third-order valence-corrected chi connectivity index (χ3v) is 6.08. The van der Waals surface area contributed by atoms with Crippen LogP contribution >= 0.6 is 27.3 Å². The lowest BCUT2D eigenvalue weighted by Crippen LogP contribution is -2.23. The van der Waals surface area contributed by atoms with Crippen LogP contribution in [0.1, 0.15) is 16.0 Å². The van der Waals surface area contributed by atoms with Gasteiger partial charge in [-0.05, 0) is 46.1 Å². The lowest BCUT2D eigenvalue weighted by atomic mass is 10.1. The maximum Gasteiger partial charge on any atom is 0.241 e. The molecule has 0 bridgehead atoms. The Morgan fingerprint density at radius 3 is 2.70 bits per heavy atom. The second-order valence-electron chi connectivity index (χ2n) is 4.36. The monoisotopic (exact) mass is 374 g/mol. The second kappa shape index (κ2) is 6.36. The van der Waals surface area contributed by atoms with Crippen LogP contribution in [0.15, 0.2) is 39.0 Å². The van der Waals surface area contributed by atoms with E-state index in [1.165, 1.54) is 11.3 Å². The van der Waals surface area contributed by atoms with Gasteiger partial charge in [-0.3, -0.25) is 0 Å². The van der Waals surface area contributed by atoms with E-state index in [0.717, 1.165) is 14.9 Å². The van der Waals surface area contributed by atoms with Gasteiger partial charge in [0.05, 0.1) is 4.90 Å². The van der Waals surface area contributed by atoms with Gasteiger partial charge in [-0.2, -0.15) is 0 Å². The number of hydrogen-bond acceptors (Lipinski definition) is 4. The van der Waals surface area contributed by atoms with Crippen molar-refractivity contribution < 1.29 is 8.42 Å². The summed E-state index contributed by atoms with van der Waals surface area (Å²) in [4.78, 5) is 1.24. The van der Waals surface area contributed by atoms with Crippen LogP contribution in [0.25, 0.3) is 0 Å². The highest BCUT2D eigenvalue weighted by molar-refractivity contribution is 9.10. The molecule has 0 spiro atoms. The number of nitrogens with one attached hydrogen (secondary N) is 1. The van der Waals surface area contributed by atoms with E-state index in [9.17, 15) is 8.42 Å². The first-order valence-electron chi connectivity index (χ1n) is 5.94. The fourth-order valence-electron chi connectivity index (χ4n) is 1.75. The number of thiophene rings is 1. The summed E-state index contributed by atoms with van der Waals surface area (Å²) in [5.41, 5.74) is 7.07. The van der Waals surface area contributed by atoms with Crippen molar-refractivity contribution in [3.8, 4) is 0 Å². The van der Waals surface area contributed by atoms with E-state index in [1.54, 1.807) is 19.1 Å². The maximum atomic E-state index is 12.3. The van der Waals surface area contributed by atoms with E-state index in [4.69, 9.17) is 5.73 Å². The molecular weight excluding hydrogens is 360 g/mol. The van der Waals surface area contributed by atoms with Crippen molar-refractivity contribution in [1.29, 1.82) is 0 Å². The van der Waals surface area contributed by atoms with E-state index >= 15 is 0 Å². The zero-order valence-electron chi connectivity index (χ0n) is 10.9. The largest absolute Gasteiger partial charge is 0.326 e. The minimum absolute atomic E-state index is 0.283. The number of nitrogens with two attached hydrogens (primary N) is 1. The predicted molar refractivity (Wildman–Crippen MR) is 85.1 cm³/mol. The van der Waals surface area contributed by atoms with Crippen molar-refractivity contribution in [3.05, 3.63) is 50.1 Å². The highest BCUT2D eigenvalue weighted by Crippen LogP contribution is 2.21. The second-order valence-corrected chi connectivity index (χ2v) is 8.01. The maximum absolute atomic E-state index is 12.3. The molecule has 0 unspecified atom stereocenters. The molecule has 0 saturated heterocycles. The molecule has 1 aromatic heterocycles. The summed E-state index contributed by atoms with van der Waals surface area (Å²) in [6.45, 7) is 2.38. The molecule has 0 saturated carbocycles. The summed E-state index contributed by atoms with van der Waals surface area (Å²) in [6.07, 6.45) is 0. The molecule has 3 N–H and O–H groups in total. The molecule has 0 aliphatic heterocycles. The standard InChI is InChI=1S/C13H15BrN2O2S2/c1-9-2-3-10(6-15)4-13(9)20(17,18)16-7-12-5-11(14)8-19-12/h2-5,8,16H,6-7,15H2,1H3. The Balaban J connectivity index is 2.21. The van der Waals surface area contributed by atoms with Gasteiger partial charge in [-0.25, -0.2) is 13.1 Å². The molecule has 1 aromatic carbocycles. The van der Waals surface area contributed by atoms with Gasteiger partial charge in [0.1, 0.15) is 0 Å². The van der Waals surface area contributed by atoms with Crippen LogP contribution < -0.4 is 10.5 Å². The first-order valence-corrected chi connectivity index (χ1v) is 9.10. The van der Waals surface area contributed by atoms with E-state index < -0.39 is 10.0 Å². The van der Waals surface area contributed by atoms with Gasteiger partial charge in [-0.15, -0.1) is 11.3 Å². The number of halogens is 1. The molecular formula is C13H15BrN2O2S2. The van der Waals surface area contributed by atoms with Crippen molar-refractivity contribution in [2.75, 3.05) is 0 Å². The van der Waals surface area contributed by atoms with Gasteiger partial charge in [0.25, 0.3) is 0 Å². The zero-order valence-corrected chi connectivity index (χ0v) is 14.1. The van der Waals surface area contributed by atoms with Crippen LogP contribution in [-0.2, 0) is 23.1 Å². The third kappa shape index (κ3) is 3.67. The molecule has 1 heterocycles. The van der Waals surface area contributed by atoms with Crippen molar-refractivity contribution in [3.63, 3.8) is 0 Å². The number of hydrogen-bond donors (Lipinski definition) is 2. The van der Waals surface area contributed by atoms with E-state index in [0.29, 0.717) is 12.1 Å². The quantitative estimate of drug-likeness (QED) is 0.844.